The van der Waals surface area contributed by atoms with Gasteiger partial charge in [-0.05, 0) is 23.3 Å². The average molecular weight is 292 g/mol. The van der Waals surface area contributed by atoms with E-state index in [2.05, 4.69) is 21.2 Å². The molecule has 2 rings (SSSR count). The van der Waals surface area contributed by atoms with Gasteiger partial charge in [0.2, 0.25) is 0 Å². The van der Waals surface area contributed by atoms with E-state index in [0.29, 0.717) is 5.56 Å². The molecule has 0 amide bonds. The minimum Gasteiger partial charge on any atom is -0.309 e. The number of hydrogen-bond donors (Lipinski definition) is 1. The molecule has 0 unspecified atom stereocenters. The van der Waals surface area contributed by atoms with Gasteiger partial charge in [0.1, 0.15) is 0 Å². The third kappa shape index (κ3) is 2.47. The molecule has 1 fully saturated rings. The van der Waals surface area contributed by atoms with E-state index in [1.54, 1.807) is 12.1 Å². The summed E-state index contributed by atoms with van der Waals surface area (Å²) in [6.07, 6.45) is -2.52. The lowest BCUT2D eigenvalue weighted by molar-refractivity contribution is -0.138. The Morgan fingerprint density at radius 1 is 1.25 bits per heavy atom. The number of nitrogens with one attached hydrogen (secondary N) is 1. The molecule has 1 heterocycles. The Labute approximate surface area is 99.5 Å². The smallest absolute Gasteiger partial charge is 0.309 e. The lowest BCUT2D eigenvalue weighted by Gasteiger charge is -2.18. The molecule has 16 heavy (non-hydrogen) atoms. The van der Waals surface area contributed by atoms with Crippen molar-refractivity contribution in [2.45, 2.75) is 6.18 Å². The first-order valence-corrected chi connectivity index (χ1v) is 5.53. The maximum atomic E-state index is 12.6. The van der Waals surface area contributed by atoms with Gasteiger partial charge in [-0.15, -0.1) is 0 Å². The Morgan fingerprint density at radius 2 is 1.94 bits per heavy atom. The van der Waals surface area contributed by atoms with Gasteiger partial charge in [0.05, 0.1) is 5.56 Å². The highest BCUT2D eigenvalue weighted by Gasteiger charge is 2.32. The topological polar surface area (TPSA) is 12.0 Å². The van der Waals surface area contributed by atoms with Gasteiger partial charge in [-0.2, -0.15) is 13.2 Å². The van der Waals surface area contributed by atoms with Gasteiger partial charge >= 0.3 is 6.18 Å². The van der Waals surface area contributed by atoms with Crippen molar-refractivity contribution in [1.29, 1.82) is 0 Å². The van der Waals surface area contributed by atoms with Crippen LogP contribution in [0, 0.1) is 0 Å². The lowest BCUT2D eigenvalue weighted by atomic mass is 10.0. The number of rotatable bonds is 1. The molecule has 1 aliphatic heterocycles. The van der Waals surface area contributed by atoms with Gasteiger partial charge in [0.25, 0.3) is 0 Å². The van der Waals surface area contributed by atoms with Crippen LogP contribution in [0.3, 0.4) is 0 Å². The fraction of sp³-hybridized carbons (Fsp3) is 0.273. The van der Waals surface area contributed by atoms with Crippen LogP contribution in [0.2, 0.25) is 0 Å². The van der Waals surface area contributed by atoms with E-state index in [-0.39, 0.29) is 4.47 Å². The molecule has 0 radical (unpaired) electrons. The first-order valence-electron chi connectivity index (χ1n) is 4.74. The van der Waals surface area contributed by atoms with E-state index >= 15 is 0 Å². The standard InChI is InChI=1S/C11H9BrF3N/c12-10-2-1-7(3-8-5-16-6-8)4-9(10)11(13,14)15/h1-4,16H,5-6H2. The van der Waals surface area contributed by atoms with E-state index in [1.807, 2.05) is 0 Å². The zero-order valence-corrected chi connectivity index (χ0v) is 9.82. The summed E-state index contributed by atoms with van der Waals surface area (Å²) < 4.78 is 37.9. The van der Waals surface area contributed by atoms with Crippen LogP contribution in [0.1, 0.15) is 11.1 Å². The van der Waals surface area contributed by atoms with Crippen LogP contribution in [-0.2, 0) is 6.18 Å². The number of alkyl halides is 3. The van der Waals surface area contributed by atoms with Crippen molar-refractivity contribution in [2.24, 2.45) is 0 Å². The second-order valence-corrected chi connectivity index (χ2v) is 4.50. The molecular formula is C11H9BrF3N. The third-order valence-corrected chi connectivity index (χ3v) is 3.06. The number of halogens is 4. The van der Waals surface area contributed by atoms with Gasteiger partial charge in [0, 0.05) is 17.6 Å². The fourth-order valence-corrected chi connectivity index (χ4v) is 1.93. The highest BCUT2D eigenvalue weighted by Crippen LogP contribution is 2.35. The van der Waals surface area contributed by atoms with E-state index in [1.165, 1.54) is 6.07 Å². The van der Waals surface area contributed by atoms with Crippen molar-refractivity contribution in [3.8, 4) is 0 Å². The largest absolute Gasteiger partial charge is 0.417 e. The Hall–Kier alpha value is -0.810. The Bertz CT molecular complexity index is 431. The van der Waals surface area contributed by atoms with Gasteiger partial charge < -0.3 is 5.32 Å². The summed E-state index contributed by atoms with van der Waals surface area (Å²) in [5.41, 5.74) is 1.08. The molecule has 1 aliphatic rings. The molecular weight excluding hydrogens is 283 g/mol. The summed E-state index contributed by atoms with van der Waals surface area (Å²) in [5, 5.41) is 3.04. The van der Waals surface area contributed by atoms with Crippen molar-refractivity contribution >= 4 is 22.0 Å². The van der Waals surface area contributed by atoms with Crippen molar-refractivity contribution in [3.63, 3.8) is 0 Å². The molecule has 1 aromatic carbocycles. The van der Waals surface area contributed by atoms with Crippen LogP contribution in [0.25, 0.3) is 6.08 Å². The van der Waals surface area contributed by atoms with Gasteiger partial charge in [-0.25, -0.2) is 0 Å². The summed E-state index contributed by atoms with van der Waals surface area (Å²) in [5.74, 6) is 0. The van der Waals surface area contributed by atoms with Crippen LogP contribution in [0.15, 0.2) is 28.2 Å². The molecule has 5 heteroatoms. The third-order valence-electron chi connectivity index (χ3n) is 2.37. The molecule has 1 aromatic rings. The molecule has 0 saturated carbocycles. The van der Waals surface area contributed by atoms with Crippen LogP contribution < -0.4 is 5.32 Å². The zero-order valence-electron chi connectivity index (χ0n) is 8.24. The summed E-state index contributed by atoms with van der Waals surface area (Å²) in [4.78, 5) is 0. The van der Waals surface area contributed by atoms with Crippen molar-refractivity contribution in [1.82, 2.24) is 5.32 Å². The second-order valence-electron chi connectivity index (χ2n) is 3.64. The monoisotopic (exact) mass is 291 g/mol. The molecule has 1 nitrogen and oxygen atoms in total. The van der Waals surface area contributed by atoms with Crippen molar-refractivity contribution in [3.05, 3.63) is 39.4 Å². The molecule has 0 bridgehead atoms. The van der Waals surface area contributed by atoms with Crippen molar-refractivity contribution in [2.75, 3.05) is 13.1 Å². The van der Waals surface area contributed by atoms with Crippen molar-refractivity contribution < 1.29 is 13.2 Å². The minimum atomic E-state index is -4.31. The molecule has 1 N–H and O–H groups in total. The molecule has 0 atom stereocenters. The lowest BCUT2D eigenvalue weighted by Crippen LogP contribution is -2.33. The van der Waals surface area contributed by atoms with E-state index < -0.39 is 11.7 Å². The minimum absolute atomic E-state index is 0.0777. The summed E-state index contributed by atoms with van der Waals surface area (Å²) in [6, 6.07) is 4.27. The number of hydrogen-bond acceptors (Lipinski definition) is 1. The quantitative estimate of drug-likeness (QED) is 0.836. The zero-order chi connectivity index (χ0) is 11.8. The Kier molecular flexibility index (Phi) is 3.08. The fourth-order valence-electron chi connectivity index (χ4n) is 1.46. The normalized spacial score (nSPS) is 15.9. The Balaban J connectivity index is 2.35. The predicted octanol–water partition coefficient (Wildman–Crippen LogP) is 3.45. The Morgan fingerprint density at radius 3 is 2.44 bits per heavy atom. The van der Waals surface area contributed by atoms with Gasteiger partial charge in [-0.3, -0.25) is 0 Å². The SMILES string of the molecule is FC(F)(F)c1cc(C=C2CNC2)ccc1Br. The first kappa shape index (κ1) is 11.7. The summed E-state index contributed by atoms with van der Waals surface area (Å²) in [6.45, 7) is 1.52. The molecule has 0 aromatic heterocycles. The highest BCUT2D eigenvalue weighted by atomic mass is 79.9. The number of benzene rings is 1. The summed E-state index contributed by atoms with van der Waals surface area (Å²) >= 11 is 2.91. The van der Waals surface area contributed by atoms with E-state index in [4.69, 9.17) is 0 Å². The molecule has 0 aliphatic carbocycles. The predicted molar refractivity (Wildman–Crippen MR) is 60.0 cm³/mol. The average Bonchev–Trinajstić information content (AvgIpc) is 2.12. The summed E-state index contributed by atoms with van der Waals surface area (Å²) in [7, 11) is 0. The van der Waals surface area contributed by atoms with E-state index in [9.17, 15) is 13.2 Å². The second kappa shape index (κ2) is 4.22. The molecule has 0 spiro atoms. The molecule has 86 valence electrons. The van der Waals surface area contributed by atoms with Gasteiger partial charge in [-0.1, -0.05) is 28.1 Å². The van der Waals surface area contributed by atoms with Gasteiger partial charge in [0.15, 0.2) is 0 Å². The van der Waals surface area contributed by atoms with Crippen LogP contribution >= 0.6 is 15.9 Å². The first-order chi connectivity index (χ1) is 7.47. The van der Waals surface area contributed by atoms with Crippen LogP contribution in [0.5, 0.6) is 0 Å². The molecule has 1 saturated heterocycles. The van der Waals surface area contributed by atoms with Crippen LogP contribution in [-0.4, -0.2) is 13.1 Å². The maximum absolute atomic E-state index is 12.6. The van der Waals surface area contributed by atoms with Crippen LogP contribution in [0.4, 0.5) is 13.2 Å². The van der Waals surface area contributed by atoms with E-state index in [0.717, 1.165) is 24.7 Å². The highest BCUT2D eigenvalue weighted by molar-refractivity contribution is 9.10. The maximum Gasteiger partial charge on any atom is 0.417 e.